The number of nitrogens with zero attached hydrogens (tertiary/aromatic N) is 2. The van der Waals surface area contributed by atoms with E-state index in [1.54, 1.807) is 25.3 Å². The van der Waals surface area contributed by atoms with Gasteiger partial charge in [-0.25, -0.2) is 0 Å². The van der Waals surface area contributed by atoms with Gasteiger partial charge in [-0.1, -0.05) is 0 Å². The Balaban J connectivity index is 2.19. The van der Waals surface area contributed by atoms with Crippen molar-refractivity contribution in [2.24, 2.45) is 0 Å². The molecule has 1 aromatic heterocycles. The quantitative estimate of drug-likeness (QED) is 0.760. The van der Waals surface area contributed by atoms with Crippen molar-refractivity contribution < 1.29 is 14.3 Å². The highest BCUT2D eigenvalue weighted by Crippen LogP contribution is 2.28. The van der Waals surface area contributed by atoms with Crippen LogP contribution in [0.5, 0.6) is 11.5 Å². The van der Waals surface area contributed by atoms with Crippen LogP contribution in [0.1, 0.15) is 28.7 Å². The highest BCUT2D eigenvalue weighted by Gasteiger charge is 2.09. The molecule has 5 heteroatoms. The van der Waals surface area contributed by atoms with Gasteiger partial charge in [0, 0.05) is 12.1 Å². The van der Waals surface area contributed by atoms with Crippen LogP contribution in [0.4, 0.5) is 0 Å². The van der Waals surface area contributed by atoms with Crippen molar-refractivity contribution in [3.8, 4) is 11.5 Å². The third-order valence-electron chi connectivity index (χ3n) is 2.98. The van der Waals surface area contributed by atoms with E-state index in [4.69, 9.17) is 9.47 Å². The van der Waals surface area contributed by atoms with Crippen LogP contribution in [-0.4, -0.2) is 23.2 Å². The molecule has 0 amide bonds. The molecule has 0 spiro atoms. The molecular weight excluding hydrogens is 256 g/mol. The SMILES string of the molecule is CCn1nc(C)cc1COc1cc(C=O)ccc1OC. The highest BCUT2D eigenvalue weighted by molar-refractivity contribution is 5.76. The van der Waals surface area contributed by atoms with Gasteiger partial charge in [0.05, 0.1) is 18.5 Å². The number of aromatic nitrogens is 2. The molecule has 20 heavy (non-hydrogen) atoms. The summed E-state index contributed by atoms with van der Waals surface area (Å²) in [5.41, 5.74) is 2.50. The molecule has 1 heterocycles. The lowest BCUT2D eigenvalue weighted by Crippen LogP contribution is -2.06. The molecule has 5 nitrogen and oxygen atoms in total. The maximum absolute atomic E-state index is 10.8. The van der Waals surface area contributed by atoms with Crippen LogP contribution in [0.2, 0.25) is 0 Å². The van der Waals surface area contributed by atoms with Crippen LogP contribution < -0.4 is 9.47 Å². The lowest BCUT2D eigenvalue weighted by Gasteiger charge is -2.11. The fourth-order valence-corrected chi connectivity index (χ4v) is 2.02. The lowest BCUT2D eigenvalue weighted by molar-refractivity contribution is 0.112. The zero-order valence-corrected chi connectivity index (χ0v) is 11.9. The second-order valence-corrected chi connectivity index (χ2v) is 4.41. The summed E-state index contributed by atoms with van der Waals surface area (Å²) in [6, 6.07) is 7.07. The molecule has 106 valence electrons. The van der Waals surface area contributed by atoms with E-state index in [1.807, 2.05) is 24.6 Å². The molecule has 0 aliphatic rings. The summed E-state index contributed by atoms with van der Waals surface area (Å²) in [5, 5.41) is 4.37. The minimum absolute atomic E-state index is 0.382. The van der Waals surface area contributed by atoms with Crippen LogP contribution in [0.3, 0.4) is 0 Å². The Hall–Kier alpha value is -2.30. The van der Waals surface area contributed by atoms with Crippen LogP contribution in [0, 0.1) is 6.92 Å². The van der Waals surface area contributed by atoms with Crippen LogP contribution >= 0.6 is 0 Å². The predicted octanol–water partition coefficient (Wildman–Crippen LogP) is 2.61. The zero-order valence-electron chi connectivity index (χ0n) is 11.9. The van der Waals surface area contributed by atoms with Gasteiger partial charge in [0.2, 0.25) is 0 Å². The fourth-order valence-electron chi connectivity index (χ4n) is 2.02. The summed E-state index contributed by atoms with van der Waals surface area (Å²) in [6.07, 6.45) is 0.784. The lowest BCUT2D eigenvalue weighted by atomic mass is 10.2. The van der Waals surface area contributed by atoms with Gasteiger partial charge in [-0.2, -0.15) is 5.10 Å². The third kappa shape index (κ3) is 2.99. The molecule has 0 aliphatic heterocycles. The number of hydrogen-bond donors (Lipinski definition) is 0. The molecule has 0 saturated heterocycles. The number of ether oxygens (including phenoxy) is 2. The number of carbonyl (C=O) groups is 1. The number of hydrogen-bond acceptors (Lipinski definition) is 4. The van der Waals surface area contributed by atoms with E-state index in [-0.39, 0.29) is 0 Å². The molecule has 0 N–H and O–H groups in total. The number of aldehydes is 1. The van der Waals surface area contributed by atoms with Gasteiger partial charge in [0.25, 0.3) is 0 Å². The third-order valence-corrected chi connectivity index (χ3v) is 2.98. The summed E-state index contributed by atoms with van der Waals surface area (Å²) in [5.74, 6) is 1.16. The summed E-state index contributed by atoms with van der Waals surface area (Å²) in [7, 11) is 1.57. The summed E-state index contributed by atoms with van der Waals surface area (Å²) in [6.45, 7) is 5.15. The molecule has 0 fully saturated rings. The molecule has 2 aromatic rings. The molecule has 2 rings (SSSR count). The number of benzene rings is 1. The molecule has 0 atom stereocenters. The highest BCUT2D eigenvalue weighted by atomic mass is 16.5. The zero-order chi connectivity index (χ0) is 14.5. The average Bonchev–Trinajstić information content (AvgIpc) is 2.84. The first kappa shape index (κ1) is 14.1. The van der Waals surface area contributed by atoms with Crippen LogP contribution in [-0.2, 0) is 13.2 Å². The van der Waals surface area contributed by atoms with Gasteiger partial charge in [-0.05, 0) is 38.1 Å². The van der Waals surface area contributed by atoms with Crippen molar-refractivity contribution in [2.45, 2.75) is 27.0 Å². The Morgan fingerprint density at radius 1 is 1.30 bits per heavy atom. The van der Waals surface area contributed by atoms with E-state index < -0.39 is 0 Å². The first-order valence-corrected chi connectivity index (χ1v) is 6.47. The van der Waals surface area contributed by atoms with Crippen LogP contribution in [0.25, 0.3) is 0 Å². The molecule has 1 aromatic carbocycles. The minimum atomic E-state index is 0.382. The predicted molar refractivity (Wildman–Crippen MR) is 75.4 cm³/mol. The average molecular weight is 274 g/mol. The molecule has 0 bridgehead atoms. The largest absolute Gasteiger partial charge is 0.493 e. The fraction of sp³-hybridized carbons (Fsp3) is 0.333. The number of rotatable bonds is 6. The molecule has 0 unspecified atom stereocenters. The topological polar surface area (TPSA) is 53.4 Å². The van der Waals surface area contributed by atoms with Gasteiger partial charge < -0.3 is 9.47 Å². The van der Waals surface area contributed by atoms with E-state index >= 15 is 0 Å². The van der Waals surface area contributed by atoms with Crippen molar-refractivity contribution in [1.82, 2.24) is 9.78 Å². The maximum atomic E-state index is 10.8. The van der Waals surface area contributed by atoms with Gasteiger partial charge in [-0.15, -0.1) is 0 Å². The number of aryl methyl sites for hydroxylation is 2. The number of methoxy groups -OCH3 is 1. The van der Waals surface area contributed by atoms with E-state index in [1.165, 1.54) is 0 Å². The molecule has 0 radical (unpaired) electrons. The minimum Gasteiger partial charge on any atom is -0.493 e. The van der Waals surface area contributed by atoms with E-state index in [2.05, 4.69) is 5.10 Å². The molecular formula is C15H18N2O3. The van der Waals surface area contributed by atoms with Crippen molar-refractivity contribution >= 4 is 6.29 Å². The summed E-state index contributed by atoms with van der Waals surface area (Å²) >= 11 is 0. The molecule has 0 aliphatic carbocycles. The van der Waals surface area contributed by atoms with Gasteiger partial charge in [0.1, 0.15) is 12.9 Å². The van der Waals surface area contributed by atoms with E-state index in [0.717, 1.165) is 24.2 Å². The Bertz CT molecular complexity index is 605. The van der Waals surface area contributed by atoms with Gasteiger partial charge >= 0.3 is 0 Å². The Labute approximate surface area is 118 Å². The standard InChI is InChI=1S/C15H18N2O3/c1-4-17-13(7-11(2)16-17)10-20-15-8-12(9-18)5-6-14(15)19-3/h5-9H,4,10H2,1-3H3. The Morgan fingerprint density at radius 3 is 2.75 bits per heavy atom. The number of carbonyl (C=O) groups excluding carboxylic acids is 1. The van der Waals surface area contributed by atoms with E-state index in [9.17, 15) is 4.79 Å². The Morgan fingerprint density at radius 2 is 2.10 bits per heavy atom. The second-order valence-electron chi connectivity index (χ2n) is 4.41. The Kier molecular flexibility index (Phi) is 4.40. The summed E-state index contributed by atoms with van der Waals surface area (Å²) in [4.78, 5) is 10.8. The van der Waals surface area contributed by atoms with Crippen molar-refractivity contribution in [1.29, 1.82) is 0 Å². The van der Waals surface area contributed by atoms with Crippen molar-refractivity contribution in [3.63, 3.8) is 0 Å². The maximum Gasteiger partial charge on any atom is 0.162 e. The second kappa shape index (κ2) is 6.23. The van der Waals surface area contributed by atoms with Gasteiger partial charge in [0.15, 0.2) is 11.5 Å². The van der Waals surface area contributed by atoms with Crippen molar-refractivity contribution in [3.05, 3.63) is 41.2 Å². The first-order valence-electron chi connectivity index (χ1n) is 6.47. The first-order chi connectivity index (χ1) is 9.67. The van der Waals surface area contributed by atoms with Crippen molar-refractivity contribution in [2.75, 3.05) is 7.11 Å². The van der Waals surface area contributed by atoms with E-state index in [0.29, 0.717) is 23.7 Å². The smallest absolute Gasteiger partial charge is 0.162 e. The summed E-state index contributed by atoms with van der Waals surface area (Å²) < 4.78 is 12.9. The monoisotopic (exact) mass is 274 g/mol. The van der Waals surface area contributed by atoms with Gasteiger partial charge in [-0.3, -0.25) is 9.48 Å². The normalized spacial score (nSPS) is 10.3. The van der Waals surface area contributed by atoms with Crippen LogP contribution in [0.15, 0.2) is 24.3 Å². The molecule has 0 saturated carbocycles.